The lowest BCUT2D eigenvalue weighted by Gasteiger charge is -2.10. The van der Waals surface area contributed by atoms with Crippen LogP contribution in [0, 0.1) is 12.7 Å². The van der Waals surface area contributed by atoms with Crippen molar-refractivity contribution in [1.82, 2.24) is 4.98 Å². The first-order valence-corrected chi connectivity index (χ1v) is 9.74. The van der Waals surface area contributed by atoms with Crippen LogP contribution in [0.1, 0.15) is 16.8 Å². The van der Waals surface area contributed by atoms with E-state index in [-0.39, 0.29) is 17.2 Å². The van der Waals surface area contributed by atoms with Gasteiger partial charge < -0.3 is 10.6 Å². The molecular formula is C20H16F4N4O2S. The number of aromatic nitrogens is 1. The average Bonchev–Trinajstić information content (AvgIpc) is 3.10. The Balaban J connectivity index is 1.56. The van der Waals surface area contributed by atoms with Crippen LogP contribution in [0.4, 0.5) is 38.9 Å². The Kier molecular flexibility index (Phi) is 6.54. The van der Waals surface area contributed by atoms with E-state index in [9.17, 15) is 27.2 Å². The Labute approximate surface area is 178 Å². The number of halogens is 4. The van der Waals surface area contributed by atoms with E-state index in [4.69, 9.17) is 0 Å². The Bertz CT molecular complexity index is 1100. The van der Waals surface area contributed by atoms with Crippen LogP contribution in [0.5, 0.6) is 0 Å². The number of amides is 3. The topological polar surface area (TPSA) is 83.1 Å². The molecule has 0 fully saturated rings. The number of carbonyl (C=O) groups excluding carboxylic acids is 2. The van der Waals surface area contributed by atoms with Crippen molar-refractivity contribution in [3.8, 4) is 0 Å². The number of carbonyl (C=O) groups is 2. The highest BCUT2D eigenvalue weighted by Crippen LogP contribution is 2.33. The Morgan fingerprint density at radius 2 is 1.68 bits per heavy atom. The summed E-state index contributed by atoms with van der Waals surface area (Å²) in [7, 11) is 0. The van der Waals surface area contributed by atoms with Crippen LogP contribution in [0.2, 0.25) is 0 Å². The van der Waals surface area contributed by atoms with Crippen molar-refractivity contribution in [2.45, 2.75) is 19.5 Å². The van der Waals surface area contributed by atoms with Crippen molar-refractivity contribution in [2.24, 2.45) is 0 Å². The summed E-state index contributed by atoms with van der Waals surface area (Å²) in [6.07, 6.45) is -5.12. The second kappa shape index (κ2) is 9.13. The van der Waals surface area contributed by atoms with Gasteiger partial charge in [0, 0.05) is 16.8 Å². The van der Waals surface area contributed by atoms with Gasteiger partial charge in [0.15, 0.2) is 5.13 Å². The molecule has 0 aliphatic heterocycles. The van der Waals surface area contributed by atoms with Crippen LogP contribution in [0.25, 0.3) is 0 Å². The van der Waals surface area contributed by atoms with Crippen LogP contribution >= 0.6 is 11.3 Å². The summed E-state index contributed by atoms with van der Waals surface area (Å²) in [6.45, 7) is 1.92. The van der Waals surface area contributed by atoms with Crippen molar-refractivity contribution in [2.75, 3.05) is 16.0 Å². The minimum absolute atomic E-state index is 0.190. The molecular weight excluding hydrogens is 436 g/mol. The molecule has 3 amide bonds. The molecule has 3 aromatic rings. The molecule has 6 nitrogen and oxygen atoms in total. The predicted molar refractivity (Wildman–Crippen MR) is 110 cm³/mol. The zero-order valence-corrected chi connectivity index (χ0v) is 16.8. The molecule has 0 bridgehead atoms. The van der Waals surface area contributed by atoms with E-state index in [1.807, 2.05) is 19.1 Å². The molecule has 3 N–H and O–H groups in total. The predicted octanol–water partition coefficient (Wildman–Crippen LogP) is 5.43. The second-order valence-electron chi connectivity index (χ2n) is 6.51. The highest BCUT2D eigenvalue weighted by atomic mass is 32.1. The van der Waals surface area contributed by atoms with E-state index in [1.165, 1.54) is 5.38 Å². The second-order valence-corrected chi connectivity index (χ2v) is 7.36. The van der Waals surface area contributed by atoms with Crippen molar-refractivity contribution in [1.29, 1.82) is 0 Å². The van der Waals surface area contributed by atoms with Gasteiger partial charge in [0.2, 0.25) is 5.91 Å². The zero-order valence-electron chi connectivity index (χ0n) is 16.0. The molecule has 162 valence electrons. The molecule has 0 spiro atoms. The van der Waals surface area contributed by atoms with Gasteiger partial charge in [-0.25, -0.2) is 14.2 Å². The minimum atomic E-state index is -4.88. The minimum Gasteiger partial charge on any atom is -0.326 e. The summed E-state index contributed by atoms with van der Waals surface area (Å²) < 4.78 is 51.7. The van der Waals surface area contributed by atoms with Crippen LogP contribution in [0.3, 0.4) is 0 Å². The highest BCUT2D eigenvalue weighted by Gasteiger charge is 2.34. The van der Waals surface area contributed by atoms with Crippen molar-refractivity contribution in [3.05, 3.63) is 70.5 Å². The van der Waals surface area contributed by atoms with Gasteiger partial charge in [-0.2, -0.15) is 13.2 Å². The molecule has 0 saturated heterocycles. The summed E-state index contributed by atoms with van der Waals surface area (Å²) in [6, 6.07) is 8.85. The van der Waals surface area contributed by atoms with E-state index >= 15 is 0 Å². The van der Waals surface area contributed by atoms with Gasteiger partial charge in [-0.3, -0.25) is 10.1 Å². The lowest BCUT2D eigenvalue weighted by Crippen LogP contribution is -2.19. The van der Waals surface area contributed by atoms with E-state index in [1.54, 1.807) is 12.1 Å². The number of aryl methyl sites for hydroxylation is 1. The Hall–Kier alpha value is -3.47. The number of urea groups is 1. The molecule has 0 aliphatic carbocycles. The number of thiazole rings is 1. The highest BCUT2D eigenvalue weighted by molar-refractivity contribution is 7.14. The molecule has 0 radical (unpaired) electrons. The number of alkyl halides is 3. The maximum atomic E-state index is 13.3. The number of nitrogens with one attached hydrogen (secondary N) is 3. The molecule has 0 aliphatic rings. The Morgan fingerprint density at radius 3 is 2.35 bits per heavy atom. The Morgan fingerprint density at radius 1 is 1.00 bits per heavy atom. The fourth-order valence-electron chi connectivity index (χ4n) is 2.53. The maximum Gasteiger partial charge on any atom is 0.419 e. The molecule has 2 aromatic carbocycles. The van der Waals surface area contributed by atoms with Crippen LogP contribution in [0.15, 0.2) is 47.8 Å². The third kappa shape index (κ3) is 6.25. The van der Waals surface area contributed by atoms with Gasteiger partial charge >= 0.3 is 12.2 Å². The van der Waals surface area contributed by atoms with E-state index in [2.05, 4.69) is 20.9 Å². The van der Waals surface area contributed by atoms with Crippen molar-refractivity contribution < 1.29 is 27.2 Å². The summed E-state index contributed by atoms with van der Waals surface area (Å²) in [4.78, 5) is 28.2. The van der Waals surface area contributed by atoms with Gasteiger partial charge in [-0.15, -0.1) is 11.3 Å². The number of hydrogen-bond donors (Lipinski definition) is 3. The molecule has 31 heavy (non-hydrogen) atoms. The van der Waals surface area contributed by atoms with Gasteiger partial charge in [0.25, 0.3) is 0 Å². The number of benzene rings is 2. The van der Waals surface area contributed by atoms with Gasteiger partial charge in [-0.05, 0) is 37.3 Å². The molecule has 11 heteroatoms. The lowest BCUT2D eigenvalue weighted by atomic mass is 10.1. The SMILES string of the molecule is Cc1ccc(NC(=O)Nc2nc(CC(=O)Nc3ccc(F)c(C(F)(F)F)c3)cs2)cc1. The maximum absolute atomic E-state index is 13.3. The molecule has 0 unspecified atom stereocenters. The standard InChI is InChI=1S/C20H16F4N4O2S/c1-11-2-4-12(5-3-11)26-18(30)28-19-27-14(10-31-19)9-17(29)25-13-6-7-16(21)15(8-13)20(22,23)24/h2-8,10H,9H2,1H3,(H,25,29)(H2,26,27,28,30). The summed E-state index contributed by atoms with van der Waals surface area (Å²) >= 11 is 1.09. The fourth-order valence-corrected chi connectivity index (χ4v) is 3.24. The molecule has 1 aromatic heterocycles. The molecule has 0 atom stereocenters. The summed E-state index contributed by atoms with van der Waals surface area (Å²) in [5, 5.41) is 9.23. The van der Waals surface area contributed by atoms with Gasteiger partial charge in [-0.1, -0.05) is 17.7 Å². The fraction of sp³-hybridized carbons (Fsp3) is 0.150. The number of hydrogen-bond acceptors (Lipinski definition) is 4. The average molecular weight is 452 g/mol. The first kappa shape index (κ1) is 22.2. The molecule has 3 rings (SSSR count). The first-order chi connectivity index (χ1) is 14.6. The number of rotatable bonds is 5. The zero-order chi connectivity index (χ0) is 22.6. The molecule has 0 saturated carbocycles. The van der Waals surface area contributed by atoms with Crippen LogP contribution in [-0.4, -0.2) is 16.9 Å². The van der Waals surface area contributed by atoms with Gasteiger partial charge in [0.05, 0.1) is 17.7 Å². The largest absolute Gasteiger partial charge is 0.419 e. The van der Waals surface area contributed by atoms with Crippen molar-refractivity contribution >= 4 is 39.8 Å². The monoisotopic (exact) mass is 452 g/mol. The van der Waals surface area contributed by atoms with Gasteiger partial charge in [0.1, 0.15) is 5.82 Å². The normalized spacial score (nSPS) is 11.1. The van der Waals surface area contributed by atoms with Crippen LogP contribution < -0.4 is 16.0 Å². The third-order valence-electron chi connectivity index (χ3n) is 3.98. The lowest BCUT2D eigenvalue weighted by molar-refractivity contribution is -0.140. The third-order valence-corrected chi connectivity index (χ3v) is 4.79. The summed E-state index contributed by atoms with van der Waals surface area (Å²) in [5.41, 5.74) is 0.293. The smallest absolute Gasteiger partial charge is 0.326 e. The number of nitrogens with zero attached hydrogens (tertiary/aromatic N) is 1. The van der Waals surface area contributed by atoms with E-state index in [0.29, 0.717) is 23.5 Å². The van der Waals surface area contributed by atoms with E-state index in [0.717, 1.165) is 23.0 Å². The molecule has 1 heterocycles. The van der Waals surface area contributed by atoms with Crippen LogP contribution in [-0.2, 0) is 17.4 Å². The quantitative estimate of drug-likeness (QED) is 0.451. The number of anilines is 3. The first-order valence-electron chi connectivity index (χ1n) is 8.86. The van der Waals surface area contributed by atoms with E-state index < -0.39 is 29.5 Å². The van der Waals surface area contributed by atoms with Crippen molar-refractivity contribution in [3.63, 3.8) is 0 Å². The summed E-state index contributed by atoms with van der Waals surface area (Å²) in [5.74, 6) is -2.06.